The van der Waals surface area contributed by atoms with Crippen molar-refractivity contribution in [2.45, 2.75) is 75.8 Å². The van der Waals surface area contributed by atoms with E-state index >= 15 is 0 Å². The molecule has 2 aliphatic carbocycles. The van der Waals surface area contributed by atoms with Crippen molar-refractivity contribution >= 4 is 39.2 Å². The maximum Gasteiger partial charge on any atom is 0.230 e. The van der Waals surface area contributed by atoms with Crippen LogP contribution in [0.15, 0.2) is 5.03 Å². The van der Waals surface area contributed by atoms with E-state index in [1.165, 1.54) is 42.5 Å². The zero-order chi connectivity index (χ0) is 17.4. The highest BCUT2D eigenvalue weighted by Gasteiger charge is 2.28. The lowest BCUT2D eigenvalue weighted by atomic mass is 9.95. The van der Waals surface area contributed by atoms with Crippen LogP contribution in [0.5, 0.6) is 0 Å². The quantitative estimate of drug-likeness (QED) is 0.606. The largest absolute Gasteiger partial charge is 0.353 e. The first-order valence-corrected chi connectivity index (χ1v) is 11.1. The lowest BCUT2D eigenvalue weighted by Crippen LogP contribution is -2.37. The molecule has 2 aliphatic rings. The number of nitrogens with one attached hydrogen (secondary N) is 1. The second-order valence-electron chi connectivity index (χ2n) is 7.32. The fourth-order valence-corrected chi connectivity index (χ4v) is 5.51. The first kappa shape index (κ1) is 17.3. The summed E-state index contributed by atoms with van der Waals surface area (Å²) in [4.78, 5) is 24.4. The number of thioether (sulfide) groups is 1. The number of amides is 1. The van der Waals surface area contributed by atoms with Gasteiger partial charge in [0.1, 0.15) is 15.7 Å². The van der Waals surface area contributed by atoms with Crippen molar-refractivity contribution in [1.29, 1.82) is 0 Å². The van der Waals surface area contributed by atoms with Gasteiger partial charge in [-0.3, -0.25) is 4.79 Å². The summed E-state index contributed by atoms with van der Waals surface area (Å²) >= 11 is 3.33. The number of rotatable bonds is 5. The van der Waals surface area contributed by atoms with Crippen LogP contribution in [0.2, 0.25) is 0 Å². The molecule has 2 aromatic rings. The Morgan fingerprint density at radius 2 is 1.92 bits per heavy atom. The van der Waals surface area contributed by atoms with Gasteiger partial charge in [-0.05, 0) is 45.1 Å². The number of thiophene rings is 1. The molecule has 1 N–H and O–H groups in total. The number of carbonyl (C=O) groups is 1. The van der Waals surface area contributed by atoms with Crippen LogP contribution in [0.3, 0.4) is 0 Å². The molecule has 4 rings (SSSR count). The van der Waals surface area contributed by atoms with Crippen LogP contribution in [0.1, 0.15) is 67.1 Å². The summed E-state index contributed by atoms with van der Waals surface area (Å²) in [5.74, 6) is 2.09. The molecule has 0 unspecified atom stereocenters. The number of nitrogens with zero attached hydrogens (tertiary/aromatic N) is 2. The van der Waals surface area contributed by atoms with E-state index in [1.54, 1.807) is 23.1 Å². The first-order chi connectivity index (χ1) is 12.1. The van der Waals surface area contributed by atoms with Gasteiger partial charge in [-0.15, -0.1) is 11.3 Å². The van der Waals surface area contributed by atoms with Crippen molar-refractivity contribution in [2.24, 2.45) is 0 Å². The van der Waals surface area contributed by atoms with Crippen molar-refractivity contribution in [1.82, 2.24) is 15.3 Å². The molecule has 0 saturated heterocycles. The Labute approximate surface area is 157 Å². The average molecular weight is 376 g/mol. The number of hydrogen-bond donors (Lipinski definition) is 1. The van der Waals surface area contributed by atoms with E-state index in [-0.39, 0.29) is 5.91 Å². The normalized spacial score (nSPS) is 18.6. The van der Waals surface area contributed by atoms with Gasteiger partial charge < -0.3 is 5.32 Å². The van der Waals surface area contributed by atoms with Crippen LogP contribution in [0.25, 0.3) is 10.2 Å². The van der Waals surface area contributed by atoms with E-state index in [2.05, 4.69) is 19.2 Å². The molecule has 1 amide bonds. The molecular formula is C19H25N3OS2. The first-order valence-electron chi connectivity index (χ1n) is 9.31. The Kier molecular flexibility index (Phi) is 5.00. The molecule has 134 valence electrons. The van der Waals surface area contributed by atoms with Crippen molar-refractivity contribution in [3.05, 3.63) is 16.3 Å². The molecule has 2 fully saturated rings. The topological polar surface area (TPSA) is 54.9 Å². The summed E-state index contributed by atoms with van der Waals surface area (Å²) in [6.07, 6.45) is 8.43. The Balaban J connectivity index is 1.50. The smallest absolute Gasteiger partial charge is 0.230 e. The van der Waals surface area contributed by atoms with Gasteiger partial charge >= 0.3 is 0 Å². The van der Waals surface area contributed by atoms with Crippen LogP contribution in [-0.4, -0.2) is 27.7 Å². The summed E-state index contributed by atoms with van der Waals surface area (Å²) in [5.41, 5.74) is 1.26. The minimum absolute atomic E-state index is 0.140. The van der Waals surface area contributed by atoms with Crippen LogP contribution >= 0.6 is 23.1 Å². The third-order valence-electron chi connectivity index (χ3n) is 5.27. The number of fused-ring (bicyclic) bond motifs is 1. The van der Waals surface area contributed by atoms with Gasteiger partial charge in [-0.1, -0.05) is 31.0 Å². The minimum Gasteiger partial charge on any atom is -0.353 e. The highest BCUT2D eigenvalue weighted by atomic mass is 32.2. The predicted molar refractivity (Wildman–Crippen MR) is 105 cm³/mol. The molecule has 25 heavy (non-hydrogen) atoms. The van der Waals surface area contributed by atoms with Gasteiger partial charge in [0.15, 0.2) is 0 Å². The number of carbonyl (C=O) groups excluding carboxylic acids is 1. The van der Waals surface area contributed by atoms with Gasteiger partial charge in [0, 0.05) is 22.2 Å². The Morgan fingerprint density at radius 3 is 2.64 bits per heavy atom. The van der Waals surface area contributed by atoms with Gasteiger partial charge in [0.25, 0.3) is 0 Å². The molecule has 4 nitrogen and oxygen atoms in total. The molecule has 0 atom stereocenters. The number of hydrogen-bond acceptors (Lipinski definition) is 5. The summed E-state index contributed by atoms with van der Waals surface area (Å²) in [7, 11) is 0. The van der Waals surface area contributed by atoms with Crippen LogP contribution in [0, 0.1) is 13.8 Å². The second-order valence-corrected chi connectivity index (χ2v) is 9.48. The monoisotopic (exact) mass is 375 g/mol. The molecule has 0 bridgehead atoms. The van der Waals surface area contributed by atoms with E-state index in [9.17, 15) is 4.79 Å². The standard InChI is InChI=1S/C19H25N3OS2/c1-11-12(2)25-19-16(11)18(21-17(22-19)13-8-9-13)24-10-15(23)20-14-6-4-3-5-7-14/h13-14H,3-10H2,1-2H3,(H,20,23). The van der Waals surface area contributed by atoms with E-state index in [0.29, 0.717) is 17.7 Å². The van der Waals surface area contributed by atoms with Gasteiger partial charge in [0.05, 0.1) is 5.75 Å². The van der Waals surface area contributed by atoms with Crippen molar-refractivity contribution in [2.75, 3.05) is 5.75 Å². The predicted octanol–water partition coefficient (Wildman–Crippen LogP) is 4.73. The zero-order valence-corrected chi connectivity index (χ0v) is 16.6. The lowest BCUT2D eigenvalue weighted by Gasteiger charge is -2.22. The second kappa shape index (κ2) is 7.23. The van der Waals surface area contributed by atoms with E-state index in [1.807, 2.05) is 0 Å². The third-order valence-corrected chi connectivity index (χ3v) is 7.34. The van der Waals surface area contributed by atoms with Crippen LogP contribution in [0.4, 0.5) is 0 Å². The summed E-state index contributed by atoms with van der Waals surface area (Å²) in [6, 6.07) is 0.374. The summed E-state index contributed by atoms with van der Waals surface area (Å²) in [6.45, 7) is 4.28. The van der Waals surface area contributed by atoms with Crippen LogP contribution < -0.4 is 5.32 Å². The molecule has 6 heteroatoms. The maximum absolute atomic E-state index is 12.4. The number of aryl methyl sites for hydroxylation is 2. The fourth-order valence-electron chi connectivity index (χ4n) is 3.51. The lowest BCUT2D eigenvalue weighted by molar-refractivity contribution is -0.119. The molecule has 0 aliphatic heterocycles. The fraction of sp³-hybridized carbons (Fsp3) is 0.632. The van der Waals surface area contributed by atoms with Crippen molar-refractivity contribution in [3.63, 3.8) is 0 Å². The van der Waals surface area contributed by atoms with Crippen molar-refractivity contribution in [3.8, 4) is 0 Å². The Hall–Kier alpha value is -1.14. The SMILES string of the molecule is Cc1sc2nc(C3CC3)nc(SCC(=O)NC3CCCCC3)c2c1C. The van der Waals surface area contributed by atoms with E-state index in [4.69, 9.17) is 9.97 Å². The molecule has 0 spiro atoms. The van der Waals surface area contributed by atoms with E-state index < -0.39 is 0 Å². The highest BCUT2D eigenvalue weighted by molar-refractivity contribution is 8.00. The van der Waals surface area contributed by atoms with Gasteiger partial charge in [-0.2, -0.15) is 0 Å². The molecule has 0 radical (unpaired) electrons. The Morgan fingerprint density at radius 1 is 1.16 bits per heavy atom. The van der Waals surface area contributed by atoms with Crippen molar-refractivity contribution < 1.29 is 4.79 Å². The summed E-state index contributed by atoms with van der Waals surface area (Å²) < 4.78 is 0. The van der Waals surface area contributed by atoms with Crippen LogP contribution in [-0.2, 0) is 4.79 Å². The molecule has 0 aromatic carbocycles. The van der Waals surface area contributed by atoms with Gasteiger partial charge in [0.2, 0.25) is 5.91 Å². The zero-order valence-electron chi connectivity index (χ0n) is 14.9. The summed E-state index contributed by atoms with van der Waals surface area (Å²) in [5, 5.41) is 5.35. The maximum atomic E-state index is 12.4. The molecule has 2 heterocycles. The molecule has 2 saturated carbocycles. The molecule has 2 aromatic heterocycles. The third kappa shape index (κ3) is 3.85. The van der Waals surface area contributed by atoms with Gasteiger partial charge in [-0.25, -0.2) is 9.97 Å². The Bertz CT molecular complexity index is 792. The number of aromatic nitrogens is 2. The van der Waals surface area contributed by atoms with E-state index in [0.717, 1.165) is 33.9 Å². The molecular weight excluding hydrogens is 350 g/mol. The average Bonchev–Trinajstić information content (AvgIpc) is 3.41. The highest BCUT2D eigenvalue weighted by Crippen LogP contribution is 2.42. The minimum atomic E-state index is 0.140.